The van der Waals surface area contributed by atoms with Crippen molar-refractivity contribution in [2.75, 3.05) is 0 Å². The highest BCUT2D eigenvalue weighted by Gasteiger charge is 2.22. The monoisotopic (exact) mass is 236 g/mol. The third kappa shape index (κ3) is 1.49. The molecule has 0 bridgehead atoms. The molecule has 90 valence electrons. The van der Waals surface area contributed by atoms with E-state index in [1.165, 1.54) is 11.6 Å². The Morgan fingerprint density at radius 2 is 2.18 bits per heavy atom. The molecule has 0 amide bonds. The first-order valence-electron chi connectivity index (χ1n) is 5.14. The van der Waals surface area contributed by atoms with Gasteiger partial charge < -0.3 is 19.8 Å². The van der Waals surface area contributed by atoms with Gasteiger partial charge in [0.25, 0.3) is 5.56 Å². The average Bonchev–Trinajstić information content (AvgIpc) is 2.51. The van der Waals surface area contributed by atoms with Gasteiger partial charge in [-0.15, -0.1) is 0 Å². The highest BCUT2D eigenvalue weighted by atomic mass is 16.4. The second-order valence-corrected chi connectivity index (χ2v) is 3.80. The van der Waals surface area contributed by atoms with Crippen LogP contribution in [0.15, 0.2) is 10.9 Å². The predicted molar refractivity (Wildman–Crippen MR) is 61.5 cm³/mol. The topological polar surface area (TPSA) is 95.3 Å². The van der Waals surface area contributed by atoms with Crippen LogP contribution in [0.5, 0.6) is 5.75 Å². The molecule has 0 saturated carbocycles. The van der Waals surface area contributed by atoms with E-state index in [2.05, 4.69) is 4.98 Å². The second-order valence-electron chi connectivity index (χ2n) is 3.80. The van der Waals surface area contributed by atoms with Crippen LogP contribution in [0.2, 0.25) is 0 Å². The van der Waals surface area contributed by atoms with Crippen LogP contribution in [-0.4, -0.2) is 25.7 Å². The summed E-state index contributed by atoms with van der Waals surface area (Å²) in [4.78, 5) is 25.3. The Labute approximate surface area is 96.1 Å². The van der Waals surface area contributed by atoms with Crippen LogP contribution in [0.3, 0.4) is 0 Å². The first-order chi connectivity index (χ1) is 7.97. The van der Waals surface area contributed by atoms with Crippen molar-refractivity contribution in [1.29, 1.82) is 0 Å². The van der Waals surface area contributed by atoms with Crippen molar-refractivity contribution in [3.05, 3.63) is 27.8 Å². The molecular weight excluding hydrogens is 224 g/mol. The van der Waals surface area contributed by atoms with E-state index in [1.54, 1.807) is 6.07 Å². The van der Waals surface area contributed by atoms with Gasteiger partial charge in [0.05, 0.1) is 5.52 Å². The zero-order valence-electron chi connectivity index (χ0n) is 9.44. The maximum atomic E-state index is 11.7. The molecule has 0 aromatic carbocycles. The van der Waals surface area contributed by atoms with Crippen molar-refractivity contribution in [3.8, 4) is 5.75 Å². The molecule has 0 aliphatic heterocycles. The summed E-state index contributed by atoms with van der Waals surface area (Å²) in [6.45, 7) is 1.87. The molecule has 2 rings (SSSR count). The van der Waals surface area contributed by atoms with Crippen LogP contribution < -0.4 is 5.56 Å². The van der Waals surface area contributed by atoms with Gasteiger partial charge in [-0.1, -0.05) is 6.92 Å². The van der Waals surface area contributed by atoms with Gasteiger partial charge in [-0.25, -0.2) is 4.79 Å². The molecule has 2 aromatic rings. The van der Waals surface area contributed by atoms with Crippen molar-refractivity contribution in [3.63, 3.8) is 0 Å². The van der Waals surface area contributed by atoms with Crippen LogP contribution in [0.1, 0.15) is 23.1 Å². The number of hydrogen-bond acceptors (Lipinski definition) is 3. The number of hydrogen-bond donors (Lipinski definition) is 3. The van der Waals surface area contributed by atoms with Crippen molar-refractivity contribution in [2.24, 2.45) is 7.05 Å². The number of H-pyrrole nitrogens is 1. The number of aromatic hydroxyl groups is 1. The summed E-state index contributed by atoms with van der Waals surface area (Å²) in [6.07, 6.45) is 0.625. The van der Waals surface area contributed by atoms with E-state index in [4.69, 9.17) is 5.11 Å². The minimum absolute atomic E-state index is 0.0158. The molecule has 0 atom stereocenters. The fourth-order valence-corrected chi connectivity index (χ4v) is 1.92. The third-order valence-electron chi connectivity index (χ3n) is 2.81. The fraction of sp³-hybridized carbons (Fsp3) is 0.273. The summed E-state index contributed by atoms with van der Waals surface area (Å²) in [7, 11) is 1.50. The number of aryl methyl sites for hydroxylation is 2. The summed E-state index contributed by atoms with van der Waals surface area (Å²) in [5, 5.41) is 18.8. The van der Waals surface area contributed by atoms with Gasteiger partial charge in [0, 0.05) is 12.7 Å². The Morgan fingerprint density at radius 3 is 2.71 bits per heavy atom. The number of aromatic carboxylic acids is 1. The average molecular weight is 236 g/mol. The maximum absolute atomic E-state index is 11.7. The molecule has 2 aromatic heterocycles. The number of carbonyl (C=O) groups is 1. The number of aromatic amines is 1. The molecule has 3 N–H and O–H groups in total. The van der Waals surface area contributed by atoms with Crippen molar-refractivity contribution >= 4 is 16.9 Å². The van der Waals surface area contributed by atoms with Gasteiger partial charge in [0.15, 0.2) is 11.4 Å². The third-order valence-corrected chi connectivity index (χ3v) is 2.81. The van der Waals surface area contributed by atoms with Crippen LogP contribution in [0.4, 0.5) is 0 Å². The number of fused-ring (bicyclic) bond motifs is 1. The molecule has 0 saturated heterocycles. The summed E-state index contributed by atoms with van der Waals surface area (Å²) in [6, 6.07) is 1.67. The Kier molecular flexibility index (Phi) is 2.42. The number of carboxylic acids is 1. The molecule has 2 heterocycles. The van der Waals surface area contributed by atoms with Gasteiger partial charge in [0.2, 0.25) is 0 Å². The lowest BCUT2D eigenvalue weighted by molar-refractivity contribution is 0.0683. The smallest absolute Gasteiger partial charge is 0.356 e. The molecule has 0 spiro atoms. The van der Waals surface area contributed by atoms with Crippen LogP contribution in [0.25, 0.3) is 10.9 Å². The van der Waals surface area contributed by atoms with Crippen molar-refractivity contribution < 1.29 is 15.0 Å². The number of nitrogens with zero attached hydrogens (tertiary/aromatic N) is 1. The lowest BCUT2D eigenvalue weighted by atomic mass is 10.2. The predicted octanol–water partition coefficient (Wildman–Crippen LogP) is 0.833. The Balaban J connectivity index is 2.98. The molecular formula is C11H12N2O4. The van der Waals surface area contributed by atoms with E-state index in [1.807, 2.05) is 6.92 Å². The van der Waals surface area contributed by atoms with E-state index in [0.29, 0.717) is 17.6 Å². The Bertz CT molecular complexity index is 666. The number of aromatic nitrogens is 2. The highest BCUT2D eigenvalue weighted by Crippen LogP contribution is 2.28. The summed E-state index contributed by atoms with van der Waals surface area (Å²) >= 11 is 0. The number of rotatable bonds is 2. The first-order valence-corrected chi connectivity index (χ1v) is 5.14. The second kappa shape index (κ2) is 3.65. The minimum Gasteiger partial charge on any atom is -0.505 e. The highest BCUT2D eigenvalue weighted by molar-refractivity contribution is 6.00. The molecule has 0 fully saturated rings. The molecule has 0 radical (unpaired) electrons. The zero-order valence-corrected chi connectivity index (χ0v) is 9.44. The lowest BCUT2D eigenvalue weighted by Crippen LogP contribution is -2.08. The van der Waals surface area contributed by atoms with E-state index in [0.717, 1.165) is 0 Å². The number of nitrogens with one attached hydrogen (secondary N) is 1. The maximum Gasteiger partial charge on any atom is 0.356 e. The summed E-state index contributed by atoms with van der Waals surface area (Å²) in [5.74, 6) is -1.75. The van der Waals surface area contributed by atoms with Crippen LogP contribution in [0, 0.1) is 0 Å². The molecule has 6 nitrogen and oxygen atoms in total. The zero-order chi connectivity index (χ0) is 12.7. The summed E-state index contributed by atoms with van der Waals surface area (Å²) in [5.41, 5.74) is 0.360. The standard InChI is InChI=1S/C11H12N2O4/c1-3-5-4-6-7(10(15)12-5)9(14)8(11(16)17)13(6)2/h4,14H,3H2,1-2H3,(H,12,15)(H,16,17). The molecule has 0 unspecified atom stereocenters. The SMILES string of the molecule is CCc1cc2c(c(O)c(C(=O)O)n2C)c(=O)[nH]1. The van der Waals surface area contributed by atoms with E-state index < -0.39 is 17.3 Å². The Morgan fingerprint density at radius 1 is 1.53 bits per heavy atom. The van der Waals surface area contributed by atoms with Crippen molar-refractivity contribution in [1.82, 2.24) is 9.55 Å². The quantitative estimate of drug-likeness (QED) is 0.719. The molecule has 17 heavy (non-hydrogen) atoms. The van der Waals surface area contributed by atoms with E-state index in [-0.39, 0.29) is 11.1 Å². The molecule has 6 heteroatoms. The van der Waals surface area contributed by atoms with E-state index in [9.17, 15) is 14.7 Å². The normalized spacial score (nSPS) is 10.9. The molecule has 0 aliphatic rings. The fourth-order valence-electron chi connectivity index (χ4n) is 1.92. The van der Waals surface area contributed by atoms with Crippen molar-refractivity contribution in [2.45, 2.75) is 13.3 Å². The van der Waals surface area contributed by atoms with Gasteiger partial charge in [-0.2, -0.15) is 0 Å². The van der Waals surface area contributed by atoms with Gasteiger partial charge in [-0.05, 0) is 12.5 Å². The van der Waals surface area contributed by atoms with Gasteiger partial charge >= 0.3 is 5.97 Å². The lowest BCUT2D eigenvalue weighted by Gasteiger charge is -2.00. The minimum atomic E-state index is -1.27. The van der Waals surface area contributed by atoms with Gasteiger partial charge in [0.1, 0.15) is 5.39 Å². The van der Waals surface area contributed by atoms with E-state index >= 15 is 0 Å². The number of pyridine rings is 1. The van der Waals surface area contributed by atoms with Crippen LogP contribution >= 0.6 is 0 Å². The Hall–Kier alpha value is -2.24. The molecule has 0 aliphatic carbocycles. The number of carboxylic acid groups (broad SMARTS) is 1. The van der Waals surface area contributed by atoms with Crippen LogP contribution in [-0.2, 0) is 13.5 Å². The summed E-state index contributed by atoms with van der Waals surface area (Å²) < 4.78 is 1.31. The first kappa shape index (κ1) is 11.3. The largest absolute Gasteiger partial charge is 0.505 e. The van der Waals surface area contributed by atoms with Gasteiger partial charge in [-0.3, -0.25) is 4.79 Å².